The van der Waals surface area contributed by atoms with Gasteiger partial charge >= 0.3 is 0 Å². The summed E-state index contributed by atoms with van der Waals surface area (Å²) in [5.74, 6) is 0. The highest BCUT2D eigenvalue weighted by molar-refractivity contribution is 7.30. The fourth-order valence-corrected chi connectivity index (χ4v) is 14.8. The number of hydrogen-bond acceptors (Lipinski definition) is 12. The Labute approximate surface area is 389 Å². The first kappa shape index (κ1) is 46.1. The molecule has 0 saturated heterocycles. The molecule has 12 heteroatoms. The van der Waals surface area contributed by atoms with Crippen molar-refractivity contribution in [1.29, 1.82) is 31.6 Å². The second-order valence-corrected chi connectivity index (χ2v) is 21.1. The van der Waals surface area contributed by atoms with Crippen molar-refractivity contribution in [3.05, 3.63) is 91.7 Å². The SMILES string of the molecule is CCCCc1c(-c2ccc(C(C#N)=C(C#N)C#N)s2)sc(-c2ccc(-c3ccc(-c4sc(-c5ccc(C(C#N)=C(C#N)C#N)s5)c(CCCC)c4CCCC)s3)s2)c1CCCC. The molecular weight excluding hydrogens is 877 g/mol. The van der Waals surface area contributed by atoms with Crippen LogP contribution in [0.25, 0.3) is 59.9 Å². The summed E-state index contributed by atoms with van der Waals surface area (Å²) < 4.78 is 0. The van der Waals surface area contributed by atoms with E-state index in [0.717, 1.165) is 86.8 Å². The van der Waals surface area contributed by atoms with Gasteiger partial charge in [-0.3, -0.25) is 0 Å². The molecule has 0 aliphatic carbocycles. The molecular formula is C50H44N6S6. The topological polar surface area (TPSA) is 143 Å². The standard InChI is InChI=1S/C50H44N6S6/c1-5-9-13-33-35(15-11-7-3)49(61-47(33)43-21-17-39(57-43)37(29-55)31(25-51)26-52)45-23-19-41(59-45)42-20-24-46(60-42)50-36(16-12-8-4)34(14-10-6-2)48(62-50)44-22-18-40(58-44)38(30-56)32(27-53)28-54/h17-24H,5-16H2,1-4H3. The van der Waals surface area contributed by atoms with Crippen molar-refractivity contribution in [3.8, 4) is 85.2 Å². The third kappa shape index (κ3) is 9.79. The zero-order chi connectivity index (χ0) is 44.2. The highest BCUT2D eigenvalue weighted by atomic mass is 32.1. The molecule has 0 fully saturated rings. The van der Waals surface area contributed by atoms with E-state index >= 15 is 0 Å². The van der Waals surface area contributed by atoms with Crippen LogP contribution in [0.1, 0.15) is 111 Å². The van der Waals surface area contributed by atoms with Crippen LogP contribution < -0.4 is 0 Å². The van der Waals surface area contributed by atoms with E-state index in [-0.39, 0.29) is 22.3 Å². The Hall–Kier alpha value is -5.38. The van der Waals surface area contributed by atoms with Crippen LogP contribution in [-0.2, 0) is 25.7 Å². The third-order valence-corrected chi connectivity index (χ3v) is 18.4. The molecule has 6 heterocycles. The van der Waals surface area contributed by atoms with E-state index in [1.165, 1.54) is 83.9 Å². The van der Waals surface area contributed by atoms with Gasteiger partial charge in [0.25, 0.3) is 0 Å². The second-order valence-electron chi connectivity index (χ2n) is 14.7. The van der Waals surface area contributed by atoms with Gasteiger partial charge in [-0.2, -0.15) is 31.6 Å². The molecule has 62 heavy (non-hydrogen) atoms. The van der Waals surface area contributed by atoms with Crippen molar-refractivity contribution in [2.24, 2.45) is 0 Å². The van der Waals surface area contributed by atoms with Crippen LogP contribution in [0.5, 0.6) is 0 Å². The lowest BCUT2D eigenvalue weighted by atomic mass is 9.97. The highest BCUT2D eigenvalue weighted by Gasteiger charge is 2.26. The van der Waals surface area contributed by atoms with E-state index in [4.69, 9.17) is 0 Å². The van der Waals surface area contributed by atoms with Crippen LogP contribution >= 0.6 is 68.0 Å². The minimum Gasteiger partial charge on any atom is -0.192 e. The molecule has 0 spiro atoms. The van der Waals surface area contributed by atoms with Gasteiger partial charge in [-0.15, -0.1) is 68.0 Å². The molecule has 0 aromatic carbocycles. The predicted molar refractivity (Wildman–Crippen MR) is 263 cm³/mol. The van der Waals surface area contributed by atoms with Crippen molar-refractivity contribution in [2.75, 3.05) is 0 Å². The van der Waals surface area contributed by atoms with Gasteiger partial charge in [-0.25, -0.2) is 0 Å². The van der Waals surface area contributed by atoms with E-state index in [0.29, 0.717) is 9.75 Å². The summed E-state index contributed by atoms with van der Waals surface area (Å²) in [4.78, 5) is 13.4. The minimum atomic E-state index is -0.160. The maximum Gasteiger partial charge on any atom is 0.148 e. The van der Waals surface area contributed by atoms with Gasteiger partial charge in [0.1, 0.15) is 47.6 Å². The van der Waals surface area contributed by atoms with Crippen LogP contribution in [0, 0.1) is 68.0 Å². The van der Waals surface area contributed by atoms with E-state index in [1.54, 1.807) is 0 Å². The zero-order valence-corrected chi connectivity index (χ0v) is 40.1. The summed E-state index contributed by atoms with van der Waals surface area (Å²) in [6, 6.07) is 28.7. The van der Waals surface area contributed by atoms with E-state index in [9.17, 15) is 31.6 Å². The largest absolute Gasteiger partial charge is 0.192 e. The molecule has 0 aliphatic rings. The first-order chi connectivity index (χ1) is 30.3. The fourth-order valence-electron chi connectivity index (χ4n) is 7.38. The number of thiophene rings is 6. The van der Waals surface area contributed by atoms with Crippen LogP contribution in [0.15, 0.2) is 59.7 Å². The minimum absolute atomic E-state index is 0.130. The van der Waals surface area contributed by atoms with Crippen LogP contribution in [-0.4, -0.2) is 0 Å². The van der Waals surface area contributed by atoms with Gasteiger partial charge < -0.3 is 0 Å². The maximum atomic E-state index is 9.89. The summed E-state index contributed by atoms with van der Waals surface area (Å²) in [6.45, 7) is 8.91. The number of unbranched alkanes of at least 4 members (excludes halogenated alkanes) is 4. The second kappa shape index (κ2) is 22.1. The van der Waals surface area contributed by atoms with Gasteiger partial charge in [-0.1, -0.05) is 53.4 Å². The number of allylic oxidation sites excluding steroid dienone is 4. The molecule has 0 aliphatic heterocycles. The van der Waals surface area contributed by atoms with Gasteiger partial charge in [0.15, 0.2) is 0 Å². The molecule has 0 N–H and O–H groups in total. The number of hydrogen-bond donors (Lipinski definition) is 0. The quantitative estimate of drug-likeness (QED) is 0.0740. The first-order valence-corrected chi connectivity index (χ1v) is 25.8. The van der Waals surface area contributed by atoms with Crippen LogP contribution in [0.3, 0.4) is 0 Å². The van der Waals surface area contributed by atoms with Crippen molar-refractivity contribution < 1.29 is 0 Å². The molecule has 6 aromatic heterocycles. The molecule has 0 atom stereocenters. The molecule has 6 nitrogen and oxygen atoms in total. The maximum absolute atomic E-state index is 9.89. The highest BCUT2D eigenvalue weighted by Crippen LogP contribution is 2.52. The van der Waals surface area contributed by atoms with Crippen molar-refractivity contribution in [2.45, 2.75) is 105 Å². The van der Waals surface area contributed by atoms with Crippen LogP contribution in [0.2, 0.25) is 0 Å². The Balaban J connectivity index is 1.42. The van der Waals surface area contributed by atoms with Gasteiger partial charge in [0.05, 0.1) is 11.1 Å². The number of rotatable bonds is 19. The van der Waals surface area contributed by atoms with Crippen LogP contribution in [0.4, 0.5) is 0 Å². The van der Waals surface area contributed by atoms with E-state index in [2.05, 4.69) is 64.1 Å². The molecule has 6 aromatic rings. The molecule has 0 amide bonds. The number of nitriles is 6. The molecule has 6 rings (SSSR count). The average Bonchev–Trinajstić information content (AvgIpc) is 4.16. The summed E-state index contributed by atoms with van der Waals surface area (Å²) >= 11 is 10.3. The number of nitrogens with zero attached hydrogens (tertiary/aromatic N) is 6. The van der Waals surface area contributed by atoms with Crippen molar-refractivity contribution in [1.82, 2.24) is 0 Å². The lowest BCUT2D eigenvalue weighted by molar-refractivity contribution is 0.764. The third-order valence-electron chi connectivity index (χ3n) is 10.6. The summed E-state index contributed by atoms with van der Waals surface area (Å²) in [5.41, 5.74) is 5.53. The van der Waals surface area contributed by atoms with Gasteiger partial charge in [0, 0.05) is 58.5 Å². The van der Waals surface area contributed by atoms with Gasteiger partial charge in [-0.05, 0) is 122 Å². The molecule has 0 bridgehead atoms. The normalized spacial score (nSPS) is 10.6. The summed E-state index contributed by atoms with van der Waals surface area (Å²) in [5, 5.41) is 57.9. The van der Waals surface area contributed by atoms with Crippen molar-refractivity contribution >= 4 is 79.2 Å². The average molecular weight is 921 g/mol. The summed E-state index contributed by atoms with van der Waals surface area (Å²) in [7, 11) is 0. The Morgan fingerprint density at radius 2 is 0.629 bits per heavy atom. The Morgan fingerprint density at radius 1 is 0.355 bits per heavy atom. The molecule has 310 valence electrons. The molecule has 0 saturated carbocycles. The lowest BCUT2D eigenvalue weighted by Crippen LogP contribution is -1.94. The zero-order valence-electron chi connectivity index (χ0n) is 35.2. The Kier molecular flexibility index (Phi) is 16.5. The smallest absolute Gasteiger partial charge is 0.148 e. The summed E-state index contributed by atoms with van der Waals surface area (Å²) in [6.07, 6.45) is 12.6. The Bertz CT molecular complexity index is 2660. The first-order valence-electron chi connectivity index (χ1n) is 20.9. The fraction of sp³-hybridized carbons (Fsp3) is 0.320. The Morgan fingerprint density at radius 3 is 0.903 bits per heavy atom. The van der Waals surface area contributed by atoms with Crippen molar-refractivity contribution in [3.63, 3.8) is 0 Å². The van der Waals surface area contributed by atoms with Gasteiger partial charge in [0.2, 0.25) is 0 Å². The predicted octanol–water partition coefficient (Wildman–Crippen LogP) is 16.4. The molecule has 0 radical (unpaired) electrons. The van der Waals surface area contributed by atoms with E-state index in [1.807, 2.05) is 93.9 Å². The molecule has 0 unspecified atom stereocenters. The monoisotopic (exact) mass is 920 g/mol. The lowest BCUT2D eigenvalue weighted by Gasteiger charge is -2.08. The van der Waals surface area contributed by atoms with E-state index < -0.39 is 0 Å².